The number of carbonyl (C=O) groups is 2. The Balaban J connectivity index is 2.05. The molecule has 7 nitrogen and oxygen atoms in total. The maximum absolute atomic E-state index is 11.9. The zero-order chi connectivity index (χ0) is 15.4. The summed E-state index contributed by atoms with van der Waals surface area (Å²) in [6.07, 6.45) is 3.30. The summed E-state index contributed by atoms with van der Waals surface area (Å²) in [6, 6.07) is 3.73. The van der Waals surface area contributed by atoms with Crippen LogP contribution in [-0.4, -0.2) is 27.3 Å². The predicted octanol–water partition coefficient (Wildman–Crippen LogP) is 2.75. The van der Waals surface area contributed by atoms with E-state index in [0.29, 0.717) is 10.2 Å². The van der Waals surface area contributed by atoms with Crippen LogP contribution in [0.5, 0.6) is 0 Å². The fraction of sp³-hybridized carbons (Fsp3) is 0.154. The number of carboxylic acid groups (broad SMARTS) is 1. The monoisotopic (exact) mass is 352 g/mol. The first-order chi connectivity index (χ1) is 9.97. The molecule has 1 unspecified atom stereocenters. The molecule has 0 aliphatic carbocycles. The maximum Gasteiger partial charge on any atom is 0.335 e. The lowest BCUT2D eigenvalue weighted by Crippen LogP contribution is -2.31. The summed E-state index contributed by atoms with van der Waals surface area (Å²) in [7, 11) is 0. The number of amides is 2. The first kappa shape index (κ1) is 15.0. The van der Waals surface area contributed by atoms with Crippen molar-refractivity contribution >= 4 is 33.6 Å². The Kier molecular flexibility index (Phi) is 4.59. The van der Waals surface area contributed by atoms with Gasteiger partial charge in [0.2, 0.25) is 0 Å². The standard InChI is InChI=1S/C13H13BrN4O3/c1-7(9-5-15-16-6-9)17-13(21)18-11-4-8(12(19)20)2-3-10(11)14/h2-7H,1H3,(H,15,16)(H,19,20)(H2,17,18,21). The highest BCUT2D eigenvalue weighted by Crippen LogP contribution is 2.24. The number of hydrogen-bond acceptors (Lipinski definition) is 3. The molecule has 0 bridgehead atoms. The quantitative estimate of drug-likeness (QED) is 0.678. The number of rotatable bonds is 4. The molecule has 0 spiro atoms. The van der Waals surface area contributed by atoms with E-state index in [-0.39, 0.29) is 11.6 Å². The number of H-pyrrole nitrogens is 1. The number of halogens is 1. The predicted molar refractivity (Wildman–Crippen MR) is 80.3 cm³/mol. The average Bonchev–Trinajstić information content (AvgIpc) is 2.95. The van der Waals surface area contributed by atoms with Gasteiger partial charge in [0.1, 0.15) is 0 Å². The van der Waals surface area contributed by atoms with Gasteiger partial charge < -0.3 is 15.7 Å². The number of urea groups is 1. The summed E-state index contributed by atoms with van der Waals surface area (Å²) < 4.78 is 0.596. The number of nitrogens with zero attached hydrogens (tertiary/aromatic N) is 1. The van der Waals surface area contributed by atoms with Gasteiger partial charge in [-0.25, -0.2) is 9.59 Å². The van der Waals surface area contributed by atoms with Crippen LogP contribution in [0.2, 0.25) is 0 Å². The Morgan fingerprint density at radius 1 is 1.43 bits per heavy atom. The molecule has 4 N–H and O–H groups in total. The molecule has 2 rings (SSSR count). The third-order valence-corrected chi connectivity index (χ3v) is 3.52. The van der Waals surface area contributed by atoms with Gasteiger partial charge >= 0.3 is 12.0 Å². The summed E-state index contributed by atoms with van der Waals surface area (Å²) >= 11 is 3.26. The Hall–Kier alpha value is -2.35. The minimum Gasteiger partial charge on any atom is -0.478 e. The molecule has 0 saturated heterocycles. The lowest BCUT2D eigenvalue weighted by molar-refractivity contribution is 0.0697. The molecule has 2 amide bonds. The number of benzene rings is 1. The Labute approximate surface area is 128 Å². The Morgan fingerprint density at radius 2 is 2.19 bits per heavy atom. The van der Waals surface area contributed by atoms with Crippen LogP contribution in [-0.2, 0) is 0 Å². The topological polar surface area (TPSA) is 107 Å². The number of carbonyl (C=O) groups excluding carboxylic acids is 1. The van der Waals surface area contributed by atoms with E-state index in [9.17, 15) is 9.59 Å². The molecule has 1 atom stereocenters. The van der Waals surface area contributed by atoms with Crippen LogP contribution in [0.15, 0.2) is 35.1 Å². The van der Waals surface area contributed by atoms with Crippen LogP contribution in [0, 0.1) is 0 Å². The van der Waals surface area contributed by atoms with E-state index < -0.39 is 12.0 Å². The van der Waals surface area contributed by atoms with Crippen molar-refractivity contribution in [2.75, 3.05) is 5.32 Å². The van der Waals surface area contributed by atoms with Crippen molar-refractivity contribution in [1.29, 1.82) is 0 Å². The molecule has 0 aliphatic heterocycles. The van der Waals surface area contributed by atoms with Crippen molar-refractivity contribution in [3.63, 3.8) is 0 Å². The Bertz CT molecular complexity index is 657. The minimum absolute atomic E-state index is 0.0939. The maximum atomic E-state index is 11.9. The lowest BCUT2D eigenvalue weighted by atomic mass is 10.2. The van der Waals surface area contributed by atoms with Gasteiger partial charge in [-0.2, -0.15) is 5.10 Å². The first-order valence-electron chi connectivity index (χ1n) is 6.06. The zero-order valence-corrected chi connectivity index (χ0v) is 12.6. The molecular formula is C13H13BrN4O3. The number of aromatic amines is 1. The zero-order valence-electron chi connectivity index (χ0n) is 11.1. The molecule has 0 fully saturated rings. The molecule has 0 aliphatic rings. The van der Waals surface area contributed by atoms with Crippen molar-refractivity contribution in [3.05, 3.63) is 46.2 Å². The lowest BCUT2D eigenvalue weighted by Gasteiger charge is -2.14. The van der Waals surface area contributed by atoms with Gasteiger partial charge in [0, 0.05) is 16.2 Å². The van der Waals surface area contributed by atoms with E-state index in [1.165, 1.54) is 12.1 Å². The van der Waals surface area contributed by atoms with Crippen LogP contribution >= 0.6 is 15.9 Å². The van der Waals surface area contributed by atoms with Crippen molar-refractivity contribution in [2.24, 2.45) is 0 Å². The molecule has 8 heteroatoms. The number of aromatic carboxylic acids is 1. The van der Waals surface area contributed by atoms with E-state index in [2.05, 4.69) is 36.8 Å². The number of anilines is 1. The van der Waals surface area contributed by atoms with Gasteiger partial charge in [-0.3, -0.25) is 5.10 Å². The van der Waals surface area contributed by atoms with E-state index in [1.54, 1.807) is 18.5 Å². The largest absolute Gasteiger partial charge is 0.478 e. The number of hydrogen-bond donors (Lipinski definition) is 4. The summed E-state index contributed by atoms with van der Waals surface area (Å²) in [5, 5.41) is 20.8. The molecule has 21 heavy (non-hydrogen) atoms. The molecule has 2 aromatic rings. The third kappa shape index (κ3) is 3.82. The average molecular weight is 353 g/mol. The van der Waals surface area contributed by atoms with Gasteiger partial charge in [-0.1, -0.05) is 0 Å². The number of aromatic nitrogens is 2. The van der Waals surface area contributed by atoms with Gasteiger partial charge in [0.15, 0.2) is 0 Å². The fourth-order valence-corrected chi connectivity index (χ4v) is 2.04. The molecule has 0 radical (unpaired) electrons. The summed E-state index contributed by atoms with van der Waals surface area (Å²) in [4.78, 5) is 22.9. The van der Waals surface area contributed by atoms with E-state index in [4.69, 9.17) is 5.11 Å². The molecule has 0 saturated carbocycles. The second-order valence-corrected chi connectivity index (χ2v) is 5.21. The molecule has 1 aromatic carbocycles. The molecule has 1 heterocycles. The van der Waals surface area contributed by atoms with Crippen molar-refractivity contribution in [1.82, 2.24) is 15.5 Å². The van der Waals surface area contributed by atoms with Crippen LogP contribution in [0.3, 0.4) is 0 Å². The van der Waals surface area contributed by atoms with Gasteiger partial charge in [-0.05, 0) is 41.1 Å². The molecular weight excluding hydrogens is 340 g/mol. The van der Waals surface area contributed by atoms with Gasteiger partial charge in [0.05, 0.1) is 23.5 Å². The van der Waals surface area contributed by atoms with Crippen LogP contribution in [0.4, 0.5) is 10.5 Å². The number of nitrogens with one attached hydrogen (secondary N) is 3. The highest BCUT2D eigenvalue weighted by Gasteiger charge is 2.13. The van der Waals surface area contributed by atoms with Crippen LogP contribution < -0.4 is 10.6 Å². The van der Waals surface area contributed by atoms with E-state index in [1.807, 2.05) is 6.92 Å². The van der Waals surface area contributed by atoms with E-state index in [0.717, 1.165) is 5.56 Å². The first-order valence-corrected chi connectivity index (χ1v) is 6.85. The number of carboxylic acids is 1. The Morgan fingerprint density at radius 3 is 2.81 bits per heavy atom. The van der Waals surface area contributed by atoms with Gasteiger partial charge in [-0.15, -0.1) is 0 Å². The molecule has 1 aromatic heterocycles. The van der Waals surface area contributed by atoms with Crippen LogP contribution in [0.25, 0.3) is 0 Å². The SMILES string of the molecule is CC(NC(=O)Nc1cc(C(=O)O)ccc1Br)c1cn[nH]c1. The summed E-state index contributed by atoms with van der Waals surface area (Å²) in [5.74, 6) is -1.06. The van der Waals surface area contributed by atoms with Crippen molar-refractivity contribution < 1.29 is 14.7 Å². The second-order valence-electron chi connectivity index (χ2n) is 4.35. The second kappa shape index (κ2) is 6.40. The van der Waals surface area contributed by atoms with Crippen LogP contribution in [0.1, 0.15) is 28.9 Å². The fourth-order valence-electron chi connectivity index (χ4n) is 1.69. The smallest absolute Gasteiger partial charge is 0.335 e. The highest BCUT2D eigenvalue weighted by molar-refractivity contribution is 9.10. The normalized spacial score (nSPS) is 11.7. The van der Waals surface area contributed by atoms with Crippen molar-refractivity contribution in [2.45, 2.75) is 13.0 Å². The van der Waals surface area contributed by atoms with E-state index >= 15 is 0 Å². The third-order valence-electron chi connectivity index (χ3n) is 2.83. The molecule has 110 valence electrons. The van der Waals surface area contributed by atoms with Gasteiger partial charge in [0.25, 0.3) is 0 Å². The summed E-state index contributed by atoms with van der Waals surface area (Å²) in [6.45, 7) is 1.81. The van der Waals surface area contributed by atoms with Crippen molar-refractivity contribution in [3.8, 4) is 0 Å². The minimum atomic E-state index is -1.06. The summed E-state index contributed by atoms with van der Waals surface area (Å²) in [5.41, 5.74) is 1.31. The highest BCUT2D eigenvalue weighted by atomic mass is 79.9.